The number of nitrogens with one attached hydrogen (secondary N) is 1. The predicted molar refractivity (Wildman–Crippen MR) is 80.3 cm³/mol. The number of methoxy groups -OCH3 is 1. The summed E-state index contributed by atoms with van der Waals surface area (Å²) in [5.41, 5.74) is 0. The van der Waals surface area contributed by atoms with Crippen LogP contribution in [0.5, 0.6) is 5.75 Å². The first kappa shape index (κ1) is 15.7. The Morgan fingerprint density at radius 1 is 1.28 bits per heavy atom. The van der Waals surface area contributed by atoms with E-state index in [0.717, 1.165) is 3.57 Å². The second kappa shape index (κ2) is 6.21. The molecule has 0 fully saturated rings. The molecule has 1 aromatic rings. The first-order valence-electron chi connectivity index (χ1n) is 5.64. The van der Waals surface area contributed by atoms with Gasteiger partial charge in [-0.2, -0.15) is 0 Å². The summed E-state index contributed by atoms with van der Waals surface area (Å²) < 4.78 is 32.8. The molecule has 102 valence electrons. The molecule has 1 atom stereocenters. The van der Waals surface area contributed by atoms with Crippen molar-refractivity contribution in [1.29, 1.82) is 0 Å². The van der Waals surface area contributed by atoms with Gasteiger partial charge in [0, 0.05) is 6.04 Å². The quantitative estimate of drug-likeness (QED) is 0.796. The van der Waals surface area contributed by atoms with Crippen LogP contribution in [-0.2, 0) is 10.0 Å². The molecule has 0 bridgehead atoms. The van der Waals surface area contributed by atoms with Gasteiger partial charge in [0.05, 0.1) is 15.6 Å². The third kappa shape index (κ3) is 3.83. The minimum atomic E-state index is -3.46. The largest absolute Gasteiger partial charge is 0.496 e. The van der Waals surface area contributed by atoms with Crippen molar-refractivity contribution in [1.82, 2.24) is 4.72 Å². The van der Waals surface area contributed by atoms with Crippen LogP contribution in [0.15, 0.2) is 23.1 Å². The predicted octanol–water partition coefficient (Wildman–Crippen LogP) is 2.62. The highest BCUT2D eigenvalue weighted by molar-refractivity contribution is 14.1. The Morgan fingerprint density at radius 3 is 2.33 bits per heavy atom. The molecule has 0 aliphatic rings. The summed E-state index contributed by atoms with van der Waals surface area (Å²) >= 11 is 2.06. The maximum Gasteiger partial charge on any atom is 0.240 e. The molecule has 6 heteroatoms. The van der Waals surface area contributed by atoms with E-state index < -0.39 is 10.0 Å². The zero-order chi connectivity index (χ0) is 13.9. The van der Waals surface area contributed by atoms with Gasteiger partial charge < -0.3 is 4.74 Å². The maximum absolute atomic E-state index is 12.1. The summed E-state index contributed by atoms with van der Waals surface area (Å²) in [4.78, 5) is 0.264. The van der Waals surface area contributed by atoms with Crippen molar-refractivity contribution in [3.05, 3.63) is 21.8 Å². The fourth-order valence-electron chi connectivity index (χ4n) is 1.26. The summed E-state index contributed by atoms with van der Waals surface area (Å²) in [5, 5.41) is 0. The highest BCUT2D eigenvalue weighted by atomic mass is 127. The first-order valence-corrected chi connectivity index (χ1v) is 8.20. The number of hydrogen-bond acceptors (Lipinski definition) is 3. The van der Waals surface area contributed by atoms with Gasteiger partial charge in [-0.05, 0) is 53.6 Å². The Labute approximate surface area is 122 Å². The van der Waals surface area contributed by atoms with Crippen molar-refractivity contribution in [2.75, 3.05) is 7.11 Å². The molecule has 0 amide bonds. The van der Waals surface area contributed by atoms with Crippen LogP contribution >= 0.6 is 22.6 Å². The molecule has 0 aliphatic carbocycles. The van der Waals surface area contributed by atoms with Crippen molar-refractivity contribution in [3.8, 4) is 5.75 Å². The number of ether oxygens (including phenoxy) is 1. The Morgan fingerprint density at radius 2 is 1.89 bits per heavy atom. The molecule has 0 aliphatic heterocycles. The Kier molecular flexibility index (Phi) is 5.42. The summed E-state index contributed by atoms with van der Waals surface area (Å²) in [6.07, 6.45) is 0. The Bertz CT molecular complexity index is 514. The van der Waals surface area contributed by atoms with Gasteiger partial charge in [-0.3, -0.25) is 0 Å². The number of rotatable bonds is 5. The third-order valence-corrected chi connectivity index (χ3v) is 5.17. The van der Waals surface area contributed by atoms with Gasteiger partial charge in [0.2, 0.25) is 10.0 Å². The minimum Gasteiger partial charge on any atom is -0.496 e. The molecule has 1 unspecified atom stereocenters. The number of sulfonamides is 1. The lowest BCUT2D eigenvalue weighted by Crippen LogP contribution is -2.36. The Hall–Kier alpha value is -0.340. The van der Waals surface area contributed by atoms with Gasteiger partial charge in [0.25, 0.3) is 0 Å². The van der Waals surface area contributed by atoms with E-state index in [1.165, 1.54) is 0 Å². The normalized spacial score (nSPS) is 13.7. The molecule has 18 heavy (non-hydrogen) atoms. The molecule has 1 N–H and O–H groups in total. The monoisotopic (exact) mass is 383 g/mol. The minimum absolute atomic E-state index is 0.102. The van der Waals surface area contributed by atoms with E-state index in [2.05, 4.69) is 27.3 Å². The summed E-state index contributed by atoms with van der Waals surface area (Å²) in [7, 11) is -1.90. The molecule has 0 saturated heterocycles. The molecule has 0 radical (unpaired) electrons. The van der Waals surface area contributed by atoms with Crippen molar-refractivity contribution in [2.45, 2.75) is 31.7 Å². The highest BCUT2D eigenvalue weighted by Crippen LogP contribution is 2.24. The molecule has 0 spiro atoms. The van der Waals surface area contributed by atoms with E-state index in [9.17, 15) is 8.42 Å². The molecule has 0 heterocycles. The Balaban J connectivity index is 3.02. The lowest BCUT2D eigenvalue weighted by molar-refractivity contribution is 0.411. The van der Waals surface area contributed by atoms with E-state index in [1.54, 1.807) is 25.3 Å². The van der Waals surface area contributed by atoms with Crippen LogP contribution in [0.3, 0.4) is 0 Å². The molecule has 1 aromatic carbocycles. The van der Waals surface area contributed by atoms with Crippen LogP contribution in [0.25, 0.3) is 0 Å². The van der Waals surface area contributed by atoms with E-state index in [1.807, 2.05) is 20.8 Å². The van der Waals surface area contributed by atoms with Gasteiger partial charge in [-0.15, -0.1) is 0 Å². The smallest absolute Gasteiger partial charge is 0.240 e. The highest BCUT2D eigenvalue weighted by Gasteiger charge is 2.20. The van der Waals surface area contributed by atoms with E-state index in [0.29, 0.717) is 5.75 Å². The zero-order valence-electron chi connectivity index (χ0n) is 10.9. The van der Waals surface area contributed by atoms with E-state index in [-0.39, 0.29) is 16.9 Å². The molecule has 0 saturated carbocycles. The fraction of sp³-hybridized carbons (Fsp3) is 0.500. The van der Waals surface area contributed by atoms with Crippen molar-refractivity contribution >= 4 is 32.6 Å². The zero-order valence-corrected chi connectivity index (χ0v) is 13.9. The van der Waals surface area contributed by atoms with Crippen LogP contribution in [0.1, 0.15) is 20.8 Å². The van der Waals surface area contributed by atoms with Gasteiger partial charge in [0.15, 0.2) is 0 Å². The van der Waals surface area contributed by atoms with Crippen LogP contribution in [0.4, 0.5) is 0 Å². The molecular weight excluding hydrogens is 365 g/mol. The average Bonchev–Trinajstić information content (AvgIpc) is 2.28. The van der Waals surface area contributed by atoms with Gasteiger partial charge in [-0.1, -0.05) is 13.8 Å². The standard InChI is InChI=1S/C12H18INO3S/c1-8(2)9(3)14-18(15,16)10-5-6-12(17-4)11(13)7-10/h5-9,14H,1-4H3. The molecule has 1 rings (SSSR count). The van der Waals surface area contributed by atoms with Crippen LogP contribution < -0.4 is 9.46 Å². The van der Waals surface area contributed by atoms with Crippen molar-refractivity contribution in [3.63, 3.8) is 0 Å². The number of halogens is 1. The lowest BCUT2D eigenvalue weighted by Gasteiger charge is -2.17. The summed E-state index contributed by atoms with van der Waals surface area (Å²) in [5.74, 6) is 0.920. The van der Waals surface area contributed by atoms with E-state index >= 15 is 0 Å². The topological polar surface area (TPSA) is 55.4 Å². The molecule has 0 aromatic heterocycles. The fourth-order valence-corrected chi connectivity index (χ4v) is 3.63. The number of benzene rings is 1. The third-order valence-electron chi connectivity index (χ3n) is 2.77. The average molecular weight is 383 g/mol. The molecular formula is C12H18INO3S. The molecule has 4 nitrogen and oxygen atoms in total. The number of hydrogen-bond donors (Lipinski definition) is 1. The lowest BCUT2D eigenvalue weighted by atomic mass is 10.1. The van der Waals surface area contributed by atoms with E-state index in [4.69, 9.17) is 4.74 Å². The van der Waals surface area contributed by atoms with Crippen LogP contribution in [0.2, 0.25) is 0 Å². The van der Waals surface area contributed by atoms with Gasteiger partial charge >= 0.3 is 0 Å². The van der Waals surface area contributed by atoms with Crippen LogP contribution in [-0.4, -0.2) is 21.6 Å². The van der Waals surface area contributed by atoms with Crippen molar-refractivity contribution in [2.24, 2.45) is 5.92 Å². The SMILES string of the molecule is COc1ccc(S(=O)(=O)NC(C)C(C)C)cc1I. The first-order chi connectivity index (χ1) is 8.27. The van der Waals surface area contributed by atoms with Gasteiger partial charge in [0.1, 0.15) is 5.75 Å². The second-order valence-electron chi connectivity index (χ2n) is 4.45. The maximum atomic E-state index is 12.1. The van der Waals surface area contributed by atoms with Crippen LogP contribution in [0, 0.1) is 9.49 Å². The van der Waals surface area contributed by atoms with Crippen molar-refractivity contribution < 1.29 is 13.2 Å². The summed E-state index contributed by atoms with van der Waals surface area (Å²) in [6.45, 7) is 5.81. The van der Waals surface area contributed by atoms with Gasteiger partial charge in [-0.25, -0.2) is 13.1 Å². The summed E-state index contributed by atoms with van der Waals surface area (Å²) in [6, 6.07) is 4.72. The second-order valence-corrected chi connectivity index (χ2v) is 7.33.